The lowest BCUT2D eigenvalue weighted by atomic mass is 10.0. The fraction of sp³-hybridized carbons (Fsp3) is 0.0952. The molecule has 0 aliphatic carbocycles. The topological polar surface area (TPSA) is 96.6 Å². The molecule has 4 rings (SSSR count). The van der Waals surface area contributed by atoms with Gasteiger partial charge in [0.15, 0.2) is 9.84 Å². The number of aromatic carboxylic acids is 1. The van der Waals surface area contributed by atoms with E-state index >= 15 is 0 Å². The van der Waals surface area contributed by atoms with Gasteiger partial charge in [0.05, 0.1) is 0 Å². The molecule has 2 heterocycles. The second-order valence-electron chi connectivity index (χ2n) is 6.74. The summed E-state index contributed by atoms with van der Waals surface area (Å²) >= 11 is 1.44. The van der Waals surface area contributed by atoms with E-state index in [1.807, 2.05) is 17.5 Å². The highest BCUT2D eigenvalue weighted by Gasteiger charge is 2.24. The molecule has 0 radical (unpaired) electrons. The number of hydrogen-bond acceptors (Lipinski definition) is 6. The van der Waals surface area contributed by atoms with Gasteiger partial charge in [-0.15, -0.1) is 11.3 Å². The molecule has 4 aromatic rings. The maximum Gasteiger partial charge on any atom is 0.340 e. The van der Waals surface area contributed by atoms with Crippen LogP contribution in [0.3, 0.4) is 0 Å². The van der Waals surface area contributed by atoms with Gasteiger partial charge in [0.25, 0.3) is 0 Å². The van der Waals surface area contributed by atoms with Gasteiger partial charge in [-0.05, 0) is 41.8 Å². The molecule has 0 amide bonds. The Bertz CT molecular complexity index is 1340. The Morgan fingerprint density at radius 3 is 2.53 bits per heavy atom. The van der Waals surface area contributed by atoms with Crippen LogP contribution in [0.4, 0.5) is 10.1 Å². The van der Waals surface area contributed by atoms with Crippen molar-refractivity contribution in [3.63, 3.8) is 0 Å². The number of thiophene rings is 1. The van der Waals surface area contributed by atoms with Crippen LogP contribution in [0.2, 0.25) is 0 Å². The molecule has 6 nitrogen and oxygen atoms in total. The van der Waals surface area contributed by atoms with Gasteiger partial charge in [-0.25, -0.2) is 17.6 Å². The highest BCUT2D eigenvalue weighted by molar-refractivity contribution is 7.90. The number of sulfone groups is 1. The molecule has 0 atom stereocenters. The molecule has 30 heavy (non-hydrogen) atoms. The molecular weight excluding hydrogens is 429 g/mol. The van der Waals surface area contributed by atoms with Gasteiger partial charge in [-0.3, -0.25) is 0 Å². The van der Waals surface area contributed by atoms with Crippen molar-refractivity contribution in [2.45, 2.75) is 0 Å². The second kappa shape index (κ2) is 7.58. The Morgan fingerprint density at radius 1 is 1.20 bits per heavy atom. The third-order valence-electron chi connectivity index (χ3n) is 4.46. The van der Waals surface area contributed by atoms with Crippen LogP contribution in [0.5, 0.6) is 0 Å². The summed E-state index contributed by atoms with van der Waals surface area (Å²) in [6, 6.07) is 12.3. The summed E-state index contributed by atoms with van der Waals surface area (Å²) in [5, 5.41) is 15.0. The van der Waals surface area contributed by atoms with Gasteiger partial charge < -0.3 is 14.8 Å². The Labute approximate surface area is 175 Å². The van der Waals surface area contributed by atoms with E-state index in [1.165, 1.54) is 35.6 Å². The van der Waals surface area contributed by atoms with E-state index in [-0.39, 0.29) is 22.8 Å². The van der Waals surface area contributed by atoms with Gasteiger partial charge in [0.2, 0.25) is 0 Å². The zero-order valence-corrected chi connectivity index (χ0v) is 17.3. The normalized spacial score (nSPS) is 11.7. The molecule has 0 aliphatic heterocycles. The minimum Gasteiger partial charge on any atom is -0.478 e. The van der Waals surface area contributed by atoms with E-state index in [2.05, 4.69) is 5.32 Å². The van der Waals surface area contributed by atoms with Crippen LogP contribution >= 0.6 is 11.3 Å². The van der Waals surface area contributed by atoms with E-state index < -0.39 is 21.6 Å². The van der Waals surface area contributed by atoms with Crippen molar-refractivity contribution in [2.75, 3.05) is 17.4 Å². The van der Waals surface area contributed by atoms with Crippen molar-refractivity contribution in [2.24, 2.45) is 0 Å². The number of furan rings is 1. The lowest BCUT2D eigenvalue weighted by Gasteiger charge is -2.11. The standard InChI is InChI=1S/C21H16FNO5S2/c1-30(26,27)11-23-16-10-17-15(9-14(16)18-3-2-8-29-18)19(21(24)25)20(28-17)12-4-6-13(22)7-5-12/h2-10,23H,11H2,1H3,(H,24,25). The van der Waals surface area contributed by atoms with Crippen molar-refractivity contribution < 1.29 is 27.1 Å². The predicted octanol–water partition coefficient (Wildman–Crippen LogP) is 5.08. The minimum absolute atomic E-state index is 0.0379. The Hall–Kier alpha value is -3.17. The first-order valence-electron chi connectivity index (χ1n) is 8.78. The summed E-state index contributed by atoms with van der Waals surface area (Å²) in [7, 11) is -3.29. The molecule has 9 heteroatoms. The molecule has 0 spiro atoms. The van der Waals surface area contributed by atoms with Gasteiger partial charge in [0, 0.05) is 39.4 Å². The van der Waals surface area contributed by atoms with E-state index in [0.29, 0.717) is 22.2 Å². The average Bonchev–Trinajstić information content (AvgIpc) is 3.33. The number of nitrogens with one attached hydrogen (secondary N) is 1. The summed E-state index contributed by atoms with van der Waals surface area (Å²) in [6.45, 7) is 0. The van der Waals surface area contributed by atoms with Gasteiger partial charge >= 0.3 is 5.97 Å². The number of carbonyl (C=O) groups is 1. The van der Waals surface area contributed by atoms with Crippen LogP contribution in [0.15, 0.2) is 58.3 Å². The van der Waals surface area contributed by atoms with Crippen LogP contribution in [-0.2, 0) is 9.84 Å². The summed E-state index contributed by atoms with van der Waals surface area (Å²) in [5.74, 6) is -1.80. The molecule has 0 saturated carbocycles. The number of fused-ring (bicyclic) bond motifs is 1. The zero-order valence-electron chi connectivity index (χ0n) is 15.7. The van der Waals surface area contributed by atoms with Crippen LogP contribution in [0, 0.1) is 5.82 Å². The first-order chi connectivity index (χ1) is 14.2. The van der Waals surface area contributed by atoms with Crippen molar-refractivity contribution in [3.05, 3.63) is 65.3 Å². The lowest BCUT2D eigenvalue weighted by molar-refractivity contribution is 0.0699. The van der Waals surface area contributed by atoms with E-state index in [9.17, 15) is 22.7 Å². The highest BCUT2D eigenvalue weighted by Crippen LogP contribution is 2.40. The first-order valence-corrected chi connectivity index (χ1v) is 11.7. The molecule has 154 valence electrons. The summed E-state index contributed by atoms with van der Waals surface area (Å²) in [5.41, 5.74) is 1.84. The smallest absolute Gasteiger partial charge is 0.340 e. The van der Waals surface area contributed by atoms with Crippen LogP contribution < -0.4 is 5.32 Å². The Morgan fingerprint density at radius 2 is 1.93 bits per heavy atom. The third-order valence-corrected chi connectivity index (χ3v) is 6.03. The highest BCUT2D eigenvalue weighted by atomic mass is 32.2. The molecule has 0 fully saturated rings. The van der Waals surface area contributed by atoms with Gasteiger partial charge in [-0.2, -0.15) is 0 Å². The molecule has 2 aromatic carbocycles. The fourth-order valence-electron chi connectivity index (χ4n) is 3.15. The molecule has 2 aromatic heterocycles. The zero-order chi connectivity index (χ0) is 21.5. The maximum atomic E-state index is 13.3. The van der Waals surface area contributed by atoms with Crippen molar-refractivity contribution >= 4 is 43.8 Å². The van der Waals surface area contributed by atoms with Crippen molar-refractivity contribution in [1.29, 1.82) is 0 Å². The van der Waals surface area contributed by atoms with Gasteiger partial charge in [0.1, 0.15) is 28.6 Å². The summed E-state index contributed by atoms with van der Waals surface area (Å²) in [4.78, 5) is 12.9. The molecule has 0 bridgehead atoms. The number of carboxylic acid groups (broad SMARTS) is 1. The summed E-state index contributed by atoms with van der Waals surface area (Å²) < 4.78 is 42.4. The summed E-state index contributed by atoms with van der Waals surface area (Å²) in [6.07, 6.45) is 1.12. The van der Waals surface area contributed by atoms with Crippen molar-refractivity contribution in [1.82, 2.24) is 0 Å². The largest absolute Gasteiger partial charge is 0.478 e. The van der Waals surface area contributed by atoms with Gasteiger partial charge in [-0.1, -0.05) is 6.07 Å². The number of anilines is 1. The molecule has 0 aliphatic rings. The predicted molar refractivity (Wildman–Crippen MR) is 115 cm³/mol. The van der Waals surface area contributed by atoms with E-state index in [4.69, 9.17) is 4.42 Å². The molecular formula is C21H16FNO5S2. The SMILES string of the molecule is CS(=O)(=O)CNc1cc2oc(-c3ccc(F)cc3)c(C(=O)O)c2cc1-c1cccs1. The molecule has 0 saturated heterocycles. The number of carboxylic acids is 1. The second-order valence-corrected chi connectivity index (χ2v) is 9.82. The number of rotatable bonds is 6. The average molecular weight is 445 g/mol. The monoisotopic (exact) mass is 445 g/mol. The first kappa shape index (κ1) is 20.1. The van der Waals surface area contributed by atoms with Crippen LogP contribution in [-0.4, -0.2) is 31.6 Å². The lowest BCUT2D eigenvalue weighted by Crippen LogP contribution is -2.12. The third kappa shape index (κ3) is 3.94. The quantitative estimate of drug-likeness (QED) is 0.430. The Balaban J connectivity index is 1.96. The van der Waals surface area contributed by atoms with E-state index in [1.54, 1.807) is 12.1 Å². The maximum absolute atomic E-state index is 13.3. The minimum atomic E-state index is -3.29. The van der Waals surface area contributed by atoms with Crippen molar-refractivity contribution in [3.8, 4) is 21.8 Å². The Kier molecular flexibility index (Phi) is 5.08. The molecule has 2 N–H and O–H groups in total. The van der Waals surface area contributed by atoms with Crippen LogP contribution in [0.1, 0.15) is 10.4 Å². The number of hydrogen-bond donors (Lipinski definition) is 2. The number of benzene rings is 2. The fourth-order valence-corrected chi connectivity index (χ4v) is 4.32. The number of halogens is 1. The van der Waals surface area contributed by atoms with E-state index in [0.717, 1.165) is 11.1 Å². The molecule has 0 unspecified atom stereocenters. The van der Waals surface area contributed by atoms with Crippen LogP contribution in [0.25, 0.3) is 32.7 Å².